The molecule has 0 bridgehead atoms. The number of fused-ring (bicyclic) bond motifs is 1. The summed E-state index contributed by atoms with van der Waals surface area (Å²) in [4.78, 5) is 14.3. The molecule has 1 aliphatic heterocycles. The van der Waals surface area contributed by atoms with Crippen LogP contribution in [0.3, 0.4) is 0 Å². The minimum Gasteiger partial charge on any atom is -0.475 e. The molecule has 13 heteroatoms. The highest BCUT2D eigenvalue weighted by atomic mass is 32.2. The molecule has 0 aliphatic carbocycles. The van der Waals surface area contributed by atoms with Gasteiger partial charge in [-0.3, -0.25) is 9.62 Å². The van der Waals surface area contributed by atoms with Crippen molar-refractivity contribution in [2.45, 2.75) is 31.2 Å². The Morgan fingerprint density at radius 2 is 1.68 bits per heavy atom. The molecule has 47 heavy (non-hydrogen) atoms. The molecule has 10 nitrogen and oxygen atoms in total. The van der Waals surface area contributed by atoms with Crippen LogP contribution < -0.4 is 14.8 Å². The van der Waals surface area contributed by atoms with Gasteiger partial charge in [0.2, 0.25) is 11.8 Å². The Morgan fingerprint density at radius 1 is 0.957 bits per heavy atom. The van der Waals surface area contributed by atoms with Crippen LogP contribution in [-0.2, 0) is 21.3 Å². The van der Waals surface area contributed by atoms with Gasteiger partial charge in [0.25, 0.3) is 10.0 Å². The lowest BCUT2D eigenvalue weighted by Crippen LogP contribution is -2.32. The Bertz CT molecular complexity index is 1940. The molecule has 1 fully saturated rings. The van der Waals surface area contributed by atoms with Crippen molar-refractivity contribution in [1.82, 2.24) is 19.9 Å². The van der Waals surface area contributed by atoms with Gasteiger partial charge in [-0.25, -0.2) is 17.2 Å². The molecule has 1 aliphatic rings. The zero-order chi connectivity index (χ0) is 33.0. The maximum Gasteiger partial charge on any atom is 0.264 e. The van der Waals surface area contributed by atoms with Crippen molar-refractivity contribution < 1.29 is 26.7 Å². The highest BCUT2D eigenvalue weighted by Gasteiger charge is 2.21. The van der Waals surface area contributed by atoms with Crippen molar-refractivity contribution >= 4 is 38.4 Å². The summed E-state index contributed by atoms with van der Waals surface area (Å²) in [5.41, 5.74) is 4.24. The first-order chi connectivity index (χ1) is 22.7. The lowest BCUT2D eigenvalue weighted by molar-refractivity contribution is 0.144. The Balaban J connectivity index is 1.21. The molecule has 246 valence electrons. The Kier molecular flexibility index (Phi) is 9.66. The molecule has 2 aromatic heterocycles. The van der Waals surface area contributed by atoms with Crippen LogP contribution in [0.1, 0.15) is 25.3 Å². The van der Waals surface area contributed by atoms with Gasteiger partial charge in [-0.1, -0.05) is 31.2 Å². The lowest BCUT2D eigenvalue weighted by atomic mass is 9.99. The molecular weight excluding hydrogens is 626 g/mol. The van der Waals surface area contributed by atoms with Gasteiger partial charge in [-0.2, -0.15) is 9.97 Å². The van der Waals surface area contributed by atoms with E-state index in [9.17, 15) is 17.2 Å². The van der Waals surface area contributed by atoms with Crippen molar-refractivity contribution in [2.75, 3.05) is 43.5 Å². The van der Waals surface area contributed by atoms with Crippen molar-refractivity contribution in [3.63, 3.8) is 0 Å². The van der Waals surface area contributed by atoms with Crippen LogP contribution in [0.2, 0.25) is 0 Å². The quantitative estimate of drug-likeness (QED) is 0.126. The van der Waals surface area contributed by atoms with Crippen LogP contribution in [0, 0.1) is 17.6 Å². The van der Waals surface area contributed by atoms with Crippen LogP contribution in [0.15, 0.2) is 77.8 Å². The summed E-state index contributed by atoms with van der Waals surface area (Å²) in [5, 5.41) is 3.91. The fourth-order valence-corrected chi connectivity index (χ4v) is 6.67. The van der Waals surface area contributed by atoms with Gasteiger partial charge >= 0.3 is 0 Å². The highest BCUT2D eigenvalue weighted by molar-refractivity contribution is 7.92. The monoisotopic (exact) mass is 662 g/mol. The summed E-state index contributed by atoms with van der Waals surface area (Å²) in [6, 6.07) is 17.0. The van der Waals surface area contributed by atoms with Crippen molar-refractivity contribution in [3.8, 4) is 17.0 Å². The fourth-order valence-electron chi connectivity index (χ4n) is 5.52. The predicted octanol–water partition coefficient (Wildman–Crippen LogP) is 6.70. The number of halogens is 2. The smallest absolute Gasteiger partial charge is 0.264 e. The number of likely N-dealkylation sites (tertiary alicyclic amines) is 1. The Labute approximate surface area is 272 Å². The third kappa shape index (κ3) is 7.70. The third-order valence-corrected chi connectivity index (χ3v) is 9.54. The number of piperidine rings is 1. The van der Waals surface area contributed by atoms with E-state index >= 15 is 0 Å². The SMILES string of the molecule is COCCOc1nc(Nc2ccc(CN3CCC(C)CC3)cc2)nc2[nH]cc(-c3ccc(NS(=O)(=O)c4cc(F)ccc4F)cc3)c12. The number of hydrogen-bond donors (Lipinski definition) is 3. The lowest BCUT2D eigenvalue weighted by Gasteiger charge is -2.30. The van der Waals surface area contributed by atoms with E-state index in [4.69, 9.17) is 9.47 Å². The first-order valence-electron chi connectivity index (χ1n) is 15.4. The van der Waals surface area contributed by atoms with E-state index in [2.05, 4.69) is 48.9 Å². The van der Waals surface area contributed by atoms with E-state index in [0.717, 1.165) is 54.5 Å². The van der Waals surface area contributed by atoms with E-state index in [-0.39, 0.29) is 12.3 Å². The van der Waals surface area contributed by atoms with Gasteiger partial charge in [0.1, 0.15) is 28.8 Å². The number of nitrogens with one attached hydrogen (secondary N) is 3. The predicted molar refractivity (Wildman–Crippen MR) is 177 cm³/mol. The van der Waals surface area contributed by atoms with Gasteiger partial charge in [0.05, 0.1) is 12.0 Å². The van der Waals surface area contributed by atoms with Crippen molar-refractivity contribution in [3.05, 3.63) is 90.1 Å². The number of aromatic amines is 1. The molecule has 0 saturated carbocycles. The average Bonchev–Trinajstić information content (AvgIpc) is 3.49. The summed E-state index contributed by atoms with van der Waals surface area (Å²) in [6.45, 7) is 6.10. The maximum atomic E-state index is 14.1. The standard InChI is InChI=1S/C34H36F2N6O4S/c1-22-13-15-42(16-14-22)21-23-3-8-26(9-4-23)38-34-39-32-31(33(40-34)46-18-17-45-2)28(20-37-32)24-5-10-27(11-6-24)41-47(43,44)30-19-25(35)7-12-29(30)36/h3-12,19-20,22,41H,13-18,21H2,1-2H3,(H2,37,38,39,40). The molecule has 0 unspecified atom stereocenters. The van der Waals surface area contributed by atoms with E-state index < -0.39 is 26.6 Å². The molecule has 3 aromatic carbocycles. The number of sulfonamides is 1. The molecule has 5 aromatic rings. The van der Waals surface area contributed by atoms with Crippen molar-refractivity contribution in [1.29, 1.82) is 0 Å². The minimum atomic E-state index is -4.36. The summed E-state index contributed by atoms with van der Waals surface area (Å²) >= 11 is 0. The molecule has 1 saturated heterocycles. The number of nitrogens with zero attached hydrogens (tertiary/aromatic N) is 3. The van der Waals surface area contributed by atoms with Gasteiger partial charge in [-0.15, -0.1) is 0 Å². The average molecular weight is 663 g/mol. The van der Waals surface area contributed by atoms with Crippen molar-refractivity contribution in [2.24, 2.45) is 5.92 Å². The largest absolute Gasteiger partial charge is 0.475 e. The highest BCUT2D eigenvalue weighted by Crippen LogP contribution is 2.35. The molecule has 0 spiro atoms. The number of rotatable bonds is 12. The number of aromatic nitrogens is 3. The second-order valence-electron chi connectivity index (χ2n) is 11.7. The Morgan fingerprint density at radius 3 is 2.40 bits per heavy atom. The van der Waals surface area contributed by atoms with Gasteiger partial charge in [-0.05, 0) is 85.4 Å². The first kappa shape index (κ1) is 32.4. The topological polar surface area (TPSA) is 121 Å². The number of anilines is 3. The van der Waals surface area contributed by atoms with Crippen LogP contribution in [0.5, 0.6) is 5.88 Å². The maximum absolute atomic E-state index is 14.1. The summed E-state index contributed by atoms with van der Waals surface area (Å²) in [7, 11) is -2.78. The number of ether oxygens (including phenoxy) is 2. The van der Waals surface area contributed by atoms with Gasteiger partial charge < -0.3 is 19.8 Å². The molecule has 0 amide bonds. The molecule has 3 N–H and O–H groups in total. The zero-order valence-electron chi connectivity index (χ0n) is 26.1. The molecule has 0 atom stereocenters. The summed E-state index contributed by atoms with van der Waals surface area (Å²) < 4.78 is 66.7. The minimum absolute atomic E-state index is 0.174. The number of methoxy groups -OCH3 is 1. The number of H-pyrrole nitrogens is 1. The van der Waals surface area contributed by atoms with E-state index in [0.29, 0.717) is 35.5 Å². The van der Waals surface area contributed by atoms with Crippen LogP contribution >= 0.6 is 0 Å². The number of benzene rings is 3. The van der Waals surface area contributed by atoms with Gasteiger partial charge in [0.15, 0.2) is 0 Å². The summed E-state index contributed by atoms with van der Waals surface area (Å²) in [6.07, 6.45) is 4.24. The van der Waals surface area contributed by atoms with E-state index in [1.807, 2.05) is 12.1 Å². The molecular formula is C34H36F2N6O4S. The van der Waals surface area contributed by atoms with Crippen LogP contribution in [0.4, 0.5) is 26.1 Å². The van der Waals surface area contributed by atoms with Gasteiger partial charge in [0, 0.05) is 36.8 Å². The second-order valence-corrected chi connectivity index (χ2v) is 13.3. The third-order valence-electron chi connectivity index (χ3n) is 8.15. The Hall–Kier alpha value is -4.59. The number of hydrogen-bond acceptors (Lipinski definition) is 8. The summed E-state index contributed by atoms with van der Waals surface area (Å²) in [5.74, 6) is -0.422. The molecule has 0 radical (unpaired) electrons. The molecule has 6 rings (SSSR count). The zero-order valence-corrected chi connectivity index (χ0v) is 26.9. The van der Waals surface area contributed by atoms with E-state index in [1.54, 1.807) is 25.4 Å². The van der Waals surface area contributed by atoms with E-state index in [1.165, 1.54) is 30.5 Å². The first-order valence-corrected chi connectivity index (χ1v) is 16.8. The fraction of sp³-hybridized carbons (Fsp3) is 0.294. The van der Waals surface area contributed by atoms with Crippen LogP contribution in [0.25, 0.3) is 22.2 Å². The normalized spacial score (nSPS) is 14.4. The second kappa shape index (κ2) is 14.0. The molecule has 3 heterocycles. The van der Waals surface area contributed by atoms with Crippen LogP contribution in [-0.4, -0.2) is 61.7 Å².